The van der Waals surface area contributed by atoms with Crippen molar-refractivity contribution in [2.75, 3.05) is 0 Å². The van der Waals surface area contributed by atoms with E-state index in [-0.39, 0.29) is 0 Å². The van der Waals surface area contributed by atoms with Crippen LogP contribution in [0.1, 0.15) is 12.8 Å². The van der Waals surface area contributed by atoms with E-state index in [0.29, 0.717) is 0 Å². The van der Waals surface area contributed by atoms with Crippen LogP contribution < -0.4 is 0 Å². The molecule has 14 heavy (non-hydrogen) atoms. The van der Waals surface area contributed by atoms with Gasteiger partial charge in [-0.05, 0) is 41.4 Å². The van der Waals surface area contributed by atoms with Gasteiger partial charge in [0.1, 0.15) is 0 Å². The highest BCUT2D eigenvalue weighted by atomic mass is 31.1. The topological polar surface area (TPSA) is 0 Å². The first kappa shape index (κ1) is 9.43. The van der Waals surface area contributed by atoms with Gasteiger partial charge in [0.2, 0.25) is 0 Å². The van der Waals surface area contributed by atoms with Crippen LogP contribution in [0.2, 0.25) is 0 Å². The first-order valence-electron chi connectivity index (χ1n) is 4.77. The van der Waals surface area contributed by atoms with Gasteiger partial charge in [-0.1, -0.05) is 26.4 Å². The number of fused-ring (bicyclic) bond motifs is 1. The van der Waals surface area contributed by atoms with Gasteiger partial charge in [0.15, 0.2) is 0 Å². The smallest absolute Gasteiger partial charge is 0.00961 e. The van der Waals surface area contributed by atoms with E-state index >= 15 is 0 Å². The fourth-order valence-corrected chi connectivity index (χ4v) is 2.91. The molecule has 0 atom stereocenters. The molecule has 0 saturated carbocycles. The normalized spacial score (nSPS) is 19.1. The average Bonchev–Trinajstić information content (AvgIpc) is 2.62. The highest BCUT2D eigenvalue weighted by Crippen LogP contribution is 2.39. The Morgan fingerprint density at radius 3 is 2.50 bits per heavy atom. The Balaban J connectivity index is 2.17. The Morgan fingerprint density at radius 1 is 1.07 bits per heavy atom. The molecule has 0 saturated heterocycles. The minimum atomic E-state index is 0.979. The molecule has 0 bridgehead atoms. The van der Waals surface area contributed by atoms with Gasteiger partial charge in [-0.15, -0.1) is 13.2 Å². The van der Waals surface area contributed by atoms with E-state index in [1.165, 1.54) is 30.0 Å². The lowest BCUT2D eigenvalue weighted by molar-refractivity contribution is 1.31. The zero-order chi connectivity index (χ0) is 9.97. The summed E-state index contributed by atoms with van der Waals surface area (Å²) in [6, 6.07) is 0. The SMILES string of the molecule is C=CCC1=CC2=CC(CC=C)=PC2=C1. The van der Waals surface area contributed by atoms with Gasteiger partial charge >= 0.3 is 0 Å². The molecule has 0 aromatic heterocycles. The van der Waals surface area contributed by atoms with Crippen LogP contribution in [0, 0.1) is 0 Å². The van der Waals surface area contributed by atoms with Crippen LogP contribution in [-0.2, 0) is 0 Å². The summed E-state index contributed by atoms with van der Waals surface area (Å²) < 4.78 is 0. The van der Waals surface area contributed by atoms with Crippen molar-refractivity contribution in [1.29, 1.82) is 0 Å². The maximum Gasteiger partial charge on any atom is 0.00961 e. The van der Waals surface area contributed by atoms with Crippen LogP contribution in [0.25, 0.3) is 0 Å². The summed E-state index contributed by atoms with van der Waals surface area (Å²) in [5, 5.41) is 2.90. The summed E-state index contributed by atoms with van der Waals surface area (Å²) in [6.45, 7) is 7.51. The van der Waals surface area contributed by atoms with E-state index in [4.69, 9.17) is 0 Å². The molecule has 70 valence electrons. The minimum absolute atomic E-state index is 0.979. The van der Waals surface area contributed by atoms with Crippen molar-refractivity contribution >= 4 is 13.5 Å². The number of hydrogen-bond acceptors (Lipinski definition) is 0. The molecule has 2 aliphatic rings. The van der Waals surface area contributed by atoms with Crippen molar-refractivity contribution in [2.45, 2.75) is 12.8 Å². The predicted octanol–water partition coefficient (Wildman–Crippen LogP) is 4.02. The number of allylic oxidation sites excluding steroid dienone is 8. The second kappa shape index (κ2) is 3.94. The van der Waals surface area contributed by atoms with E-state index in [9.17, 15) is 0 Å². The third-order valence-electron chi connectivity index (χ3n) is 2.28. The van der Waals surface area contributed by atoms with E-state index in [0.717, 1.165) is 12.8 Å². The van der Waals surface area contributed by atoms with Gasteiger partial charge in [0.05, 0.1) is 0 Å². The van der Waals surface area contributed by atoms with E-state index in [1.54, 1.807) is 0 Å². The largest absolute Gasteiger partial charge is 0.103 e. The van der Waals surface area contributed by atoms with Crippen LogP contribution >= 0.6 is 8.20 Å². The zero-order valence-corrected chi connectivity index (χ0v) is 9.06. The lowest BCUT2D eigenvalue weighted by atomic mass is 10.2. The molecule has 1 aliphatic heterocycles. The van der Waals surface area contributed by atoms with Crippen molar-refractivity contribution in [3.05, 3.63) is 60.0 Å². The highest BCUT2D eigenvalue weighted by molar-refractivity contribution is 7.47. The summed E-state index contributed by atoms with van der Waals surface area (Å²) in [4.78, 5) is 0. The second-order valence-electron chi connectivity index (χ2n) is 3.44. The molecule has 1 heterocycles. The third kappa shape index (κ3) is 1.71. The van der Waals surface area contributed by atoms with Crippen molar-refractivity contribution < 1.29 is 0 Å². The lowest BCUT2D eigenvalue weighted by Gasteiger charge is -1.91. The lowest BCUT2D eigenvalue weighted by Crippen LogP contribution is -1.82. The molecule has 0 aromatic rings. The first-order chi connectivity index (χ1) is 6.83. The molecular formula is C13H13P. The van der Waals surface area contributed by atoms with Gasteiger partial charge in [-0.25, -0.2) is 0 Å². The van der Waals surface area contributed by atoms with Crippen molar-refractivity contribution in [3.63, 3.8) is 0 Å². The zero-order valence-electron chi connectivity index (χ0n) is 8.16. The molecule has 0 fully saturated rings. The summed E-state index contributed by atoms with van der Waals surface area (Å²) in [5.74, 6) is 0. The van der Waals surface area contributed by atoms with Gasteiger partial charge in [-0.3, -0.25) is 0 Å². The molecule has 0 amide bonds. The minimum Gasteiger partial charge on any atom is -0.103 e. The molecule has 0 nitrogen and oxygen atoms in total. The van der Waals surface area contributed by atoms with Gasteiger partial charge in [0.25, 0.3) is 0 Å². The molecule has 0 aromatic carbocycles. The maximum atomic E-state index is 3.76. The maximum absolute atomic E-state index is 3.76. The molecule has 0 unspecified atom stereocenters. The third-order valence-corrected chi connectivity index (χ3v) is 3.51. The molecule has 1 aliphatic carbocycles. The monoisotopic (exact) mass is 200 g/mol. The van der Waals surface area contributed by atoms with Crippen LogP contribution in [0.5, 0.6) is 0 Å². The van der Waals surface area contributed by atoms with Crippen molar-refractivity contribution in [3.8, 4) is 0 Å². The van der Waals surface area contributed by atoms with E-state index < -0.39 is 0 Å². The Morgan fingerprint density at radius 2 is 1.86 bits per heavy atom. The second-order valence-corrected chi connectivity index (χ2v) is 4.72. The molecule has 0 radical (unpaired) electrons. The standard InChI is InChI=1S/C13H13P/c1-3-5-10-7-11-9-12(6-4-2)14-13(11)8-10/h3-4,7-9H,1-2,5-6H2. The van der Waals surface area contributed by atoms with Gasteiger partial charge in [-0.2, -0.15) is 0 Å². The Labute approximate surface area is 86.8 Å². The predicted molar refractivity (Wildman–Crippen MR) is 65.8 cm³/mol. The van der Waals surface area contributed by atoms with Crippen LogP contribution in [0.15, 0.2) is 60.0 Å². The van der Waals surface area contributed by atoms with Crippen LogP contribution in [0.3, 0.4) is 0 Å². The molecule has 2 rings (SSSR count). The average molecular weight is 200 g/mol. The van der Waals surface area contributed by atoms with Gasteiger partial charge < -0.3 is 0 Å². The fourth-order valence-electron chi connectivity index (χ4n) is 1.69. The van der Waals surface area contributed by atoms with E-state index in [1.807, 2.05) is 12.2 Å². The van der Waals surface area contributed by atoms with Crippen molar-refractivity contribution in [1.82, 2.24) is 0 Å². The number of rotatable bonds is 4. The summed E-state index contributed by atoms with van der Waals surface area (Å²) in [7, 11) is 1.36. The Hall–Kier alpha value is -1.13. The quantitative estimate of drug-likeness (QED) is 0.475. The molecule has 0 spiro atoms. The first-order valence-corrected chi connectivity index (χ1v) is 5.66. The summed E-state index contributed by atoms with van der Waals surface area (Å²) in [6.07, 6.45) is 12.7. The van der Waals surface area contributed by atoms with E-state index in [2.05, 4.69) is 31.4 Å². The van der Waals surface area contributed by atoms with Crippen LogP contribution in [-0.4, -0.2) is 5.29 Å². The van der Waals surface area contributed by atoms with Crippen LogP contribution in [0.4, 0.5) is 0 Å². The van der Waals surface area contributed by atoms with Crippen molar-refractivity contribution in [2.24, 2.45) is 0 Å². The molecule has 0 N–H and O–H groups in total. The summed E-state index contributed by atoms with van der Waals surface area (Å²) >= 11 is 0. The molecule has 1 heteroatoms. The Kier molecular flexibility index (Phi) is 2.65. The van der Waals surface area contributed by atoms with Gasteiger partial charge in [0, 0.05) is 5.31 Å². The summed E-state index contributed by atoms with van der Waals surface area (Å²) in [5.41, 5.74) is 2.77. The Bertz CT molecular complexity index is 363. The number of hydrogen-bond donors (Lipinski definition) is 0. The molecular weight excluding hydrogens is 187 g/mol. The fraction of sp³-hybridized carbons (Fsp3) is 0.154. The highest BCUT2D eigenvalue weighted by Gasteiger charge is 2.15.